The van der Waals surface area contributed by atoms with Crippen LogP contribution < -0.4 is 10.6 Å². The highest BCUT2D eigenvalue weighted by Crippen LogP contribution is 2.12. The lowest BCUT2D eigenvalue weighted by molar-refractivity contribution is -0.146. The molecule has 1 aliphatic heterocycles. The summed E-state index contributed by atoms with van der Waals surface area (Å²) in [6.07, 6.45) is 13.7. The third-order valence-corrected chi connectivity index (χ3v) is 4.34. The van der Waals surface area contributed by atoms with Gasteiger partial charge in [0.15, 0.2) is 0 Å². The maximum atomic E-state index is 11.8. The molecule has 5 nitrogen and oxygen atoms in total. The molecular formula is C18H34N2O3. The van der Waals surface area contributed by atoms with Crippen LogP contribution in [0.2, 0.25) is 0 Å². The minimum atomic E-state index is -0.388. The Morgan fingerprint density at radius 2 is 1.35 bits per heavy atom. The number of carbonyl (C=O) groups is 2. The number of amides is 1. The van der Waals surface area contributed by atoms with Crippen molar-refractivity contribution in [3.63, 3.8) is 0 Å². The lowest BCUT2D eigenvalue weighted by Crippen LogP contribution is -2.42. The molecule has 1 fully saturated rings. The van der Waals surface area contributed by atoms with E-state index in [4.69, 9.17) is 4.74 Å². The second-order valence-electron chi connectivity index (χ2n) is 6.51. The average Bonchev–Trinajstić information content (AvgIpc) is 2.54. The van der Waals surface area contributed by atoms with Crippen molar-refractivity contribution < 1.29 is 14.3 Å². The van der Waals surface area contributed by atoms with Crippen LogP contribution in [-0.2, 0) is 14.3 Å². The van der Waals surface area contributed by atoms with E-state index in [0.717, 1.165) is 25.7 Å². The van der Waals surface area contributed by atoms with E-state index >= 15 is 0 Å². The van der Waals surface area contributed by atoms with Crippen molar-refractivity contribution in [2.24, 2.45) is 0 Å². The average molecular weight is 326 g/mol. The zero-order valence-electron chi connectivity index (χ0n) is 14.7. The van der Waals surface area contributed by atoms with Gasteiger partial charge in [-0.1, -0.05) is 57.8 Å². The number of hydrogen-bond donors (Lipinski definition) is 2. The van der Waals surface area contributed by atoms with Crippen LogP contribution in [-0.4, -0.2) is 31.2 Å². The number of cyclic esters (lactones) is 1. The summed E-state index contributed by atoms with van der Waals surface area (Å²) in [5.74, 6) is -0.193. The Morgan fingerprint density at radius 3 is 1.96 bits per heavy atom. The zero-order valence-corrected chi connectivity index (χ0v) is 14.7. The molecule has 1 unspecified atom stereocenters. The summed E-state index contributed by atoms with van der Waals surface area (Å²) in [5, 5.41) is 5.78. The van der Waals surface area contributed by atoms with Crippen molar-refractivity contribution in [1.82, 2.24) is 10.6 Å². The summed E-state index contributed by atoms with van der Waals surface area (Å²) < 4.78 is 5.25. The molecule has 1 aliphatic rings. The first-order chi connectivity index (χ1) is 11.2. The second-order valence-corrected chi connectivity index (χ2v) is 6.51. The van der Waals surface area contributed by atoms with Gasteiger partial charge < -0.3 is 10.1 Å². The van der Waals surface area contributed by atoms with Crippen LogP contribution in [0.15, 0.2) is 0 Å². The fourth-order valence-electron chi connectivity index (χ4n) is 2.75. The zero-order chi connectivity index (χ0) is 16.8. The van der Waals surface area contributed by atoms with Crippen LogP contribution in [0.1, 0.15) is 84.0 Å². The number of rotatable bonds is 0. The maximum Gasteiger partial charge on any atom is 0.322 e. The van der Waals surface area contributed by atoms with Gasteiger partial charge in [-0.25, -0.2) is 0 Å². The Hall–Kier alpha value is -1.10. The van der Waals surface area contributed by atoms with E-state index in [9.17, 15) is 9.59 Å². The molecule has 0 aromatic rings. The molecule has 134 valence electrons. The van der Waals surface area contributed by atoms with Gasteiger partial charge in [0.05, 0.1) is 13.3 Å². The van der Waals surface area contributed by atoms with Crippen LogP contribution in [0, 0.1) is 0 Å². The molecule has 0 bridgehead atoms. The number of esters is 1. The number of hydrogen-bond acceptors (Lipinski definition) is 4. The van der Waals surface area contributed by atoms with Gasteiger partial charge in [-0.05, 0) is 19.8 Å². The van der Waals surface area contributed by atoms with Crippen LogP contribution in [0.4, 0.5) is 0 Å². The second kappa shape index (κ2) is 13.3. The molecule has 0 aromatic carbocycles. The number of carbonyl (C=O) groups excluding carboxylic acids is 2. The van der Waals surface area contributed by atoms with E-state index in [0.29, 0.717) is 19.7 Å². The first kappa shape index (κ1) is 19.9. The molecule has 0 spiro atoms. The standard InChI is InChI=1S/C18H34N2O3/c1-16-18(22)23-14-12-10-8-6-4-2-3-5-7-9-11-13-17(21)20-15-19-16/h16,19H,2-15H2,1H3,(H,20,21). The molecule has 2 N–H and O–H groups in total. The van der Waals surface area contributed by atoms with Crippen molar-refractivity contribution in [2.75, 3.05) is 13.3 Å². The van der Waals surface area contributed by atoms with Crippen molar-refractivity contribution >= 4 is 11.9 Å². The molecule has 0 saturated carbocycles. The van der Waals surface area contributed by atoms with Crippen molar-refractivity contribution in [2.45, 2.75) is 90.0 Å². The molecule has 1 amide bonds. The van der Waals surface area contributed by atoms with E-state index in [1.54, 1.807) is 6.92 Å². The third kappa shape index (κ3) is 11.1. The Bertz CT molecular complexity index is 334. The lowest BCUT2D eigenvalue weighted by Gasteiger charge is -2.14. The maximum absolute atomic E-state index is 11.8. The van der Waals surface area contributed by atoms with E-state index in [2.05, 4.69) is 10.6 Å². The van der Waals surface area contributed by atoms with Crippen molar-refractivity contribution in [3.05, 3.63) is 0 Å². The van der Waals surface area contributed by atoms with Gasteiger partial charge in [0, 0.05) is 6.42 Å². The van der Waals surface area contributed by atoms with E-state index in [1.807, 2.05) is 0 Å². The molecule has 1 rings (SSSR count). The Labute approximate surface area is 140 Å². The summed E-state index contributed by atoms with van der Waals surface area (Å²) in [6.45, 7) is 2.58. The monoisotopic (exact) mass is 326 g/mol. The number of nitrogens with one attached hydrogen (secondary N) is 2. The van der Waals surface area contributed by atoms with Crippen LogP contribution in [0.5, 0.6) is 0 Å². The molecule has 23 heavy (non-hydrogen) atoms. The fraction of sp³-hybridized carbons (Fsp3) is 0.889. The van der Waals surface area contributed by atoms with Crippen LogP contribution >= 0.6 is 0 Å². The normalized spacial score (nSPS) is 25.2. The van der Waals surface area contributed by atoms with Gasteiger partial charge in [-0.3, -0.25) is 14.9 Å². The van der Waals surface area contributed by atoms with Gasteiger partial charge in [0.25, 0.3) is 0 Å². The predicted molar refractivity (Wildman–Crippen MR) is 92.0 cm³/mol. The first-order valence-corrected chi connectivity index (χ1v) is 9.37. The quantitative estimate of drug-likeness (QED) is 0.670. The minimum Gasteiger partial charge on any atom is -0.465 e. The summed E-state index contributed by atoms with van der Waals surface area (Å²) in [4.78, 5) is 23.5. The molecule has 0 aliphatic carbocycles. The minimum absolute atomic E-state index is 0.0486. The van der Waals surface area contributed by atoms with Crippen molar-refractivity contribution in [3.8, 4) is 0 Å². The molecule has 1 saturated heterocycles. The molecular weight excluding hydrogens is 292 g/mol. The smallest absolute Gasteiger partial charge is 0.322 e. The highest BCUT2D eigenvalue weighted by atomic mass is 16.5. The molecule has 5 heteroatoms. The van der Waals surface area contributed by atoms with E-state index in [-0.39, 0.29) is 17.9 Å². The van der Waals surface area contributed by atoms with Crippen LogP contribution in [0.25, 0.3) is 0 Å². The first-order valence-electron chi connectivity index (χ1n) is 9.37. The largest absolute Gasteiger partial charge is 0.465 e. The lowest BCUT2D eigenvalue weighted by atomic mass is 10.1. The highest BCUT2D eigenvalue weighted by Gasteiger charge is 2.13. The molecule has 0 radical (unpaired) electrons. The van der Waals surface area contributed by atoms with Crippen LogP contribution in [0.3, 0.4) is 0 Å². The van der Waals surface area contributed by atoms with Gasteiger partial charge in [-0.2, -0.15) is 0 Å². The fourth-order valence-corrected chi connectivity index (χ4v) is 2.75. The Kier molecular flexibility index (Phi) is 11.6. The van der Waals surface area contributed by atoms with E-state index in [1.165, 1.54) is 44.9 Å². The number of ether oxygens (including phenoxy) is 1. The predicted octanol–water partition coefficient (Wildman–Crippen LogP) is 3.28. The molecule has 0 aromatic heterocycles. The summed E-state index contributed by atoms with van der Waals surface area (Å²) >= 11 is 0. The van der Waals surface area contributed by atoms with Gasteiger partial charge in [-0.15, -0.1) is 0 Å². The van der Waals surface area contributed by atoms with Gasteiger partial charge in [0.1, 0.15) is 6.04 Å². The highest BCUT2D eigenvalue weighted by molar-refractivity contribution is 5.76. The Balaban J connectivity index is 2.27. The summed E-state index contributed by atoms with van der Waals surface area (Å²) in [7, 11) is 0. The molecule has 1 heterocycles. The van der Waals surface area contributed by atoms with Gasteiger partial charge in [0.2, 0.25) is 5.91 Å². The third-order valence-electron chi connectivity index (χ3n) is 4.34. The summed E-state index contributed by atoms with van der Waals surface area (Å²) in [6, 6.07) is -0.388. The molecule has 1 atom stereocenters. The topological polar surface area (TPSA) is 67.4 Å². The Morgan fingerprint density at radius 1 is 0.826 bits per heavy atom. The van der Waals surface area contributed by atoms with Crippen molar-refractivity contribution in [1.29, 1.82) is 0 Å². The van der Waals surface area contributed by atoms with E-state index < -0.39 is 0 Å². The SMILES string of the molecule is CC1NCNC(=O)CCCCCCCCCCCCCOC1=O. The van der Waals surface area contributed by atoms with Gasteiger partial charge >= 0.3 is 5.97 Å². The summed E-state index contributed by atoms with van der Waals surface area (Å²) in [5.41, 5.74) is 0.